The molecule has 2 aromatic heterocycles. The normalized spacial score (nSPS) is 24.9. The van der Waals surface area contributed by atoms with Gasteiger partial charge in [-0.25, -0.2) is 14.6 Å². The Labute approximate surface area is 159 Å². The molecule has 7 nitrogen and oxygen atoms in total. The molecule has 2 unspecified atom stereocenters. The predicted molar refractivity (Wildman–Crippen MR) is 103 cm³/mol. The number of fused-ring (bicyclic) bond motifs is 4. The van der Waals surface area contributed by atoms with Gasteiger partial charge in [0.25, 0.3) is 0 Å². The number of anilines is 1. The largest absolute Gasteiger partial charge is 0.378 e. The van der Waals surface area contributed by atoms with Gasteiger partial charge in [-0.3, -0.25) is 4.90 Å². The first kappa shape index (κ1) is 16.9. The average Bonchev–Trinajstić information content (AvgIpc) is 3.20. The molecular formula is C20H26N6O. The number of nitrogens with zero attached hydrogens (tertiary/aromatic N) is 6. The quantitative estimate of drug-likeness (QED) is 0.827. The summed E-state index contributed by atoms with van der Waals surface area (Å²) in [6.45, 7) is 10.1. The fraction of sp³-hybridized carbons (Fsp3) is 0.550. The summed E-state index contributed by atoms with van der Waals surface area (Å²) in [6.07, 6.45) is 9.34. The van der Waals surface area contributed by atoms with Crippen molar-refractivity contribution in [2.75, 3.05) is 31.2 Å². The fourth-order valence-corrected chi connectivity index (χ4v) is 4.69. The van der Waals surface area contributed by atoms with Gasteiger partial charge in [0.15, 0.2) is 0 Å². The van der Waals surface area contributed by atoms with Gasteiger partial charge in [-0.2, -0.15) is 5.10 Å². The lowest BCUT2D eigenvalue weighted by molar-refractivity contribution is 0.122. The maximum absolute atomic E-state index is 5.45. The van der Waals surface area contributed by atoms with E-state index in [-0.39, 0.29) is 0 Å². The molecule has 142 valence electrons. The molecule has 0 aromatic carbocycles. The monoisotopic (exact) mass is 366 g/mol. The molecular weight excluding hydrogens is 340 g/mol. The lowest BCUT2D eigenvalue weighted by Crippen LogP contribution is -2.40. The third kappa shape index (κ3) is 2.95. The van der Waals surface area contributed by atoms with E-state index in [9.17, 15) is 0 Å². The third-order valence-electron chi connectivity index (χ3n) is 6.17. The summed E-state index contributed by atoms with van der Waals surface area (Å²) in [5.41, 5.74) is 4.92. The van der Waals surface area contributed by atoms with Gasteiger partial charge < -0.3 is 9.64 Å². The number of aryl methyl sites for hydroxylation is 1. The first-order valence-electron chi connectivity index (χ1n) is 9.84. The molecule has 5 rings (SSSR count). The first-order valence-corrected chi connectivity index (χ1v) is 9.84. The van der Waals surface area contributed by atoms with Crippen LogP contribution in [0.2, 0.25) is 0 Å². The van der Waals surface area contributed by atoms with E-state index in [2.05, 4.69) is 40.8 Å². The molecule has 0 aliphatic carbocycles. The fourth-order valence-electron chi connectivity index (χ4n) is 4.69. The van der Waals surface area contributed by atoms with Crippen molar-refractivity contribution < 1.29 is 4.74 Å². The Morgan fingerprint density at radius 3 is 2.93 bits per heavy atom. The summed E-state index contributed by atoms with van der Waals surface area (Å²) in [5.74, 6) is 0.869. The number of rotatable bonds is 4. The van der Waals surface area contributed by atoms with Gasteiger partial charge in [0.1, 0.15) is 0 Å². The van der Waals surface area contributed by atoms with E-state index in [0.717, 1.165) is 50.9 Å². The molecule has 2 fully saturated rings. The van der Waals surface area contributed by atoms with Crippen molar-refractivity contribution >= 4 is 12.1 Å². The summed E-state index contributed by atoms with van der Waals surface area (Å²) in [6, 6.07) is 0.977. The van der Waals surface area contributed by atoms with Crippen molar-refractivity contribution in [2.45, 2.75) is 44.8 Å². The molecule has 7 heteroatoms. The van der Waals surface area contributed by atoms with Gasteiger partial charge in [0, 0.05) is 67.9 Å². The highest BCUT2D eigenvalue weighted by Gasteiger charge is 2.41. The van der Waals surface area contributed by atoms with E-state index in [1.165, 1.54) is 29.7 Å². The summed E-state index contributed by atoms with van der Waals surface area (Å²) < 4.78 is 7.26. The van der Waals surface area contributed by atoms with Crippen molar-refractivity contribution in [1.82, 2.24) is 24.6 Å². The molecule has 0 saturated carbocycles. The molecule has 2 saturated heterocycles. The zero-order valence-corrected chi connectivity index (χ0v) is 15.8. The van der Waals surface area contributed by atoms with Crippen LogP contribution in [-0.4, -0.2) is 57.0 Å². The Bertz CT molecular complexity index is 856. The Hall–Kier alpha value is -2.25. The zero-order chi connectivity index (χ0) is 18.4. The molecule has 0 amide bonds. The first-order chi connectivity index (χ1) is 13.2. The van der Waals surface area contributed by atoms with Crippen LogP contribution in [0.3, 0.4) is 0 Å². The minimum atomic E-state index is 0.420. The highest BCUT2D eigenvalue weighted by atomic mass is 16.5. The second kappa shape index (κ2) is 6.73. The van der Waals surface area contributed by atoms with E-state index in [1.54, 1.807) is 6.20 Å². The van der Waals surface area contributed by atoms with E-state index in [0.29, 0.717) is 12.1 Å². The van der Waals surface area contributed by atoms with Crippen molar-refractivity contribution in [3.63, 3.8) is 0 Å². The van der Waals surface area contributed by atoms with E-state index in [1.807, 2.05) is 4.68 Å². The SMILES string of the molecule is C=Cn1cc(CN2C3CCC2c2cnc(N4CCOCC4)nc2C3)c(C)n1. The van der Waals surface area contributed by atoms with Gasteiger partial charge in [-0.15, -0.1) is 0 Å². The number of aromatic nitrogens is 4. The molecule has 5 heterocycles. The standard InChI is InChI=1S/C20H26N6O/c1-3-25-12-15(14(2)23-25)13-26-16-4-5-19(26)17-11-21-20(22-18(17)10-16)24-6-8-27-9-7-24/h3,11-12,16,19H,1,4-10,13H2,2H3. The molecule has 3 aliphatic heterocycles. The van der Waals surface area contributed by atoms with Gasteiger partial charge in [0.05, 0.1) is 24.6 Å². The van der Waals surface area contributed by atoms with Gasteiger partial charge in [-0.1, -0.05) is 6.58 Å². The number of hydrogen-bond donors (Lipinski definition) is 0. The Kier molecular flexibility index (Phi) is 4.21. The van der Waals surface area contributed by atoms with Crippen LogP contribution in [0.4, 0.5) is 5.95 Å². The van der Waals surface area contributed by atoms with Crippen LogP contribution in [-0.2, 0) is 17.7 Å². The predicted octanol–water partition coefficient (Wildman–Crippen LogP) is 2.18. The topological polar surface area (TPSA) is 59.3 Å². The van der Waals surface area contributed by atoms with Crippen LogP contribution in [0.1, 0.15) is 41.4 Å². The van der Waals surface area contributed by atoms with Gasteiger partial charge >= 0.3 is 0 Å². The van der Waals surface area contributed by atoms with Gasteiger partial charge in [-0.05, 0) is 19.8 Å². The van der Waals surface area contributed by atoms with Crippen LogP contribution in [0, 0.1) is 6.92 Å². The Morgan fingerprint density at radius 2 is 2.15 bits per heavy atom. The maximum Gasteiger partial charge on any atom is 0.225 e. The summed E-state index contributed by atoms with van der Waals surface area (Å²) in [5, 5.41) is 4.50. The van der Waals surface area contributed by atoms with Crippen molar-refractivity contribution in [2.24, 2.45) is 0 Å². The smallest absolute Gasteiger partial charge is 0.225 e. The molecule has 2 atom stereocenters. The lowest BCUT2D eigenvalue weighted by Gasteiger charge is -2.36. The van der Waals surface area contributed by atoms with Crippen LogP contribution in [0.5, 0.6) is 0 Å². The zero-order valence-electron chi connectivity index (χ0n) is 15.8. The number of ether oxygens (including phenoxy) is 1. The van der Waals surface area contributed by atoms with E-state index in [4.69, 9.17) is 14.7 Å². The van der Waals surface area contributed by atoms with Crippen LogP contribution in [0.15, 0.2) is 19.0 Å². The molecule has 3 aliphatic rings. The van der Waals surface area contributed by atoms with E-state index < -0.39 is 0 Å². The molecule has 0 radical (unpaired) electrons. The van der Waals surface area contributed by atoms with Crippen LogP contribution >= 0.6 is 0 Å². The molecule has 0 spiro atoms. The second-order valence-corrected chi connectivity index (χ2v) is 7.70. The number of hydrogen-bond acceptors (Lipinski definition) is 6. The minimum absolute atomic E-state index is 0.420. The minimum Gasteiger partial charge on any atom is -0.378 e. The van der Waals surface area contributed by atoms with Crippen molar-refractivity contribution in [3.8, 4) is 0 Å². The highest BCUT2D eigenvalue weighted by Crippen LogP contribution is 2.44. The Balaban J connectivity index is 1.40. The summed E-state index contributed by atoms with van der Waals surface area (Å²) >= 11 is 0. The lowest BCUT2D eigenvalue weighted by atomic mass is 9.98. The average molecular weight is 366 g/mol. The highest BCUT2D eigenvalue weighted by molar-refractivity contribution is 5.38. The number of morpholine rings is 1. The second-order valence-electron chi connectivity index (χ2n) is 7.70. The van der Waals surface area contributed by atoms with Gasteiger partial charge in [0.2, 0.25) is 5.95 Å². The van der Waals surface area contributed by atoms with E-state index >= 15 is 0 Å². The van der Waals surface area contributed by atoms with Crippen LogP contribution < -0.4 is 4.90 Å². The third-order valence-corrected chi connectivity index (χ3v) is 6.17. The maximum atomic E-state index is 5.45. The van der Waals surface area contributed by atoms with Crippen molar-refractivity contribution in [3.05, 3.63) is 41.5 Å². The summed E-state index contributed by atoms with van der Waals surface area (Å²) in [7, 11) is 0. The van der Waals surface area contributed by atoms with Crippen molar-refractivity contribution in [1.29, 1.82) is 0 Å². The molecule has 0 N–H and O–H groups in total. The molecule has 27 heavy (non-hydrogen) atoms. The summed E-state index contributed by atoms with van der Waals surface area (Å²) in [4.78, 5) is 14.5. The molecule has 2 aromatic rings. The van der Waals surface area contributed by atoms with Crippen LogP contribution in [0.25, 0.3) is 6.20 Å². The Morgan fingerprint density at radius 1 is 1.30 bits per heavy atom. The molecule has 2 bridgehead atoms.